The molecular formula is C16H28O4. The number of ether oxygens (including phenoxy) is 2. The quantitative estimate of drug-likeness (QED) is 0.384. The van der Waals surface area contributed by atoms with Gasteiger partial charge < -0.3 is 9.47 Å². The van der Waals surface area contributed by atoms with Crippen molar-refractivity contribution < 1.29 is 19.1 Å². The van der Waals surface area contributed by atoms with Gasteiger partial charge in [0.25, 0.3) is 0 Å². The van der Waals surface area contributed by atoms with E-state index in [0.29, 0.717) is 18.1 Å². The molecule has 0 saturated heterocycles. The largest absolute Gasteiger partial charge is 0.462 e. The number of esters is 2. The van der Waals surface area contributed by atoms with Crippen molar-refractivity contribution in [3.05, 3.63) is 25.0 Å². The summed E-state index contributed by atoms with van der Waals surface area (Å²) in [4.78, 5) is 20.9. The molecule has 0 aliphatic heterocycles. The monoisotopic (exact) mass is 284 g/mol. The maximum absolute atomic E-state index is 11.1. The Labute approximate surface area is 122 Å². The van der Waals surface area contributed by atoms with Crippen LogP contribution in [0.5, 0.6) is 0 Å². The lowest BCUT2D eigenvalue weighted by atomic mass is 10.0. The molecule has 0 saturated carbocycles. The van der Waals surface area contributed by atoms with Crippen molar-refractivity contribution in [1.29, 1.82) is 0 Å². The molecule has 4 heteroatoms. The molecule has 0 heterocycles. The highest BCUT2D eigenvalue weighted by atomic mass is 16.5. The van der Waals surface area contributed by atoms with Crippen LogP contribution in [0.25, 0.3) is 0 Å². The molecule has 1 unspecified atom stereocenters. The predicted molar refractivity (Wildman–Crippen MR) is 81.0 cm³/mol. The molecule has 0 amide bonds. The highest BCUT2D eigenvalue weighted by Gasteiger charge is 2.09. The zero-order valence-electron chi connectivity index (χ0n) is 13.2. The lowest BCUT2D eigenvalue weighted by Crippen LogP contribution is -2.14. The number of unbranched alkanes of at least 4 members (excludes halogenated alkanes) is 1. The Morgan fingerprint density at radius 1 is 1.25 bits per heavy atom. The van der Waals surface area contributed by atoms with Crippen LogP contribution >= 0.6 is 0 Å². The second kappa shape index (κ2) is 13.8. The van der Waals surface area contributed by atoms with Gasteiger partial charge in [-0.1, -0.05) is 46.3 Å². The Morgan fingerprint density at radius 3 is 2.15 bits per heavy atom. The van der Waals surface area contributed by atoms with Gasteiger partial charge in [0.1, 0.15) is 0 Å². The number of carbonyl (C=O) groups excluding carboxylic acids is 2. The van der Waals surface area contributed by atoms with Crippen LogP contribution in [0, 0.1) is 5.92 Å². The molecule has 0 aliphatic rings. The van der Waals surface area contributed by atoms with E-state index in [2.05, 4.69) is 31.7 Å². The van der Waals surface area contributed by atoms with Crippen LogP contribution in [-0.2, 0) is 19.1 Å². The fourth-order valence-corrected chi connectivity index (χ4v) is 1.33. The fourth-order valence-electron chi connectivity index (χ4n) is 1.33. The molecule has 0 aromatic carbocycles. The predicted octanol–water partition coefficient (Wildman–Crippen LogP) is 4.02. The van der Waals surface area contributed by atoms with E-state index >= 15 is 0 Å². The maximum atomic E-state index is 11.1. The minimum Gasteiger partial charge on any atom is -0.462 e. The van der Waals surface area contributed by atoms with Crippen LogP contribution in [0.15, 0.2) is 25.0 Å². The first-order valence-corrected chi connectivity index (χ1v) is 6.99. The summed E-state index contributed by atoms with van der Waals surface area (Å²) in [6.07, 6.45) is 5.73. The Hall–Kier alpha value is -1.58. The van der Waals surface area contributed by atoms with E-state index in [1.807, 2.05) is 0 Å². The van der Waals surface area contributed by atoms with E-state index in [1.54, 1.807) is 6.92 Å². The second-order valence-electron chi connectivity index (χ2n) is 4.57. The van der Waals surface area contributed by atoms with Crippen LogP contribution in [-0.4, -0.2) is 18.5 Å². The van der Waals surface area contributed by atoms with Crippen LogP contribution in [0.3, 0.4) is 0 Å². The summed E-state index contributed by atoms with van der Waals surface area (Å²) in [6, 6.07) is 0. The number of rotatable bonds is 8. The molecular weight excluding hydrogens is 256 g/mol. The standard InChI is InChI=1S/C12H22O2.C4H6O2/c1-5-7-8-11(6-2)9-14-12(13)10(3)4;1-3-6-4(2)5/h11H,3,5-9H2,1-2,4H3;3H,1H2,2H3. The molecule has 0 bridgehead atoms. The van der Waals surface area contributed by atoms with Gasteiger partial charge in [0, 0.05) is 12.5 Å². The second-order valence-corrected chi connectivity index (χ2v) is 4.57. The van der Waals surface area contributed by atoms with Gasteiger partial charge >= 0.3 is 11.9 Å². The van der Waals surface area contributed by atoms with E-state index in [-0.39, 0.29) is 11.9 Å². The Morgan fingerprint density at radius 2 is 1.85 bits per heavy atom. The van der Waals surface area contributed by atoms with Gasteiger partial charge in [-0.3, -0.25) is 4.79 Å². The fraction of sp³-hybridized carbons (Fsp3) is 0.625. The van der Waals surface area contributed by atoms with Gasteiger partial charge in [-0.05, 0) is 19.3 Å². The molecule has 0 N–H and O–H groups in total. The molecule has 4 nitrogen and oxygen atoms in total. The molecule has 20 heavy (non-hydrogen) atoms. The van der Waals surface area contributed by atoms with Crippen molar-refractivity contribution in [1.82, 2.24) is 0 Å². The summed E-state index contributed by atoms with van der Waals surface area (Å²) in [6.45, 7) is 14.6. The molecule has 0 spiro atoms. The zero-order chi connectivity index (χ0) is 16.0. The molecule has 0 rings (SSSR count). The highest BCUT2D eigenvalue weighted by Crippen LogP contribution is 2.13. The molecule has 0 aliphatic carbocycles. The van der Waals surface area contributed by atoms with Crippen molar-refractivity contribution in [3.8, 4) is 0 Å². The van der Waals surface area contributed by atoms with E-state index in [1.165, 1.54) is 19.8 Å². The number of carbonyl (C=O) groups is 2. The summed E-state index contributed by atoms with van der Waals surface area (Å²) in [5.41, 5.74) is 0.482. The van der Waals surface area contributed by atoms with Crippen LogP contribution in [0.2, 0.25) is 0 Å². The van der Waals surface area contributed by atoms with Crippen LogP contribution in [0.1, 0.15) is 53.4 Å². The van der Waals surface area contributed by atoms with Gasteiger partial charge in [0.15, 0.2) is 0 Å². The molecule has 116 valence electrons. The van der Waals surface area contributed by atoms with E-state index in [4.69, 9.17) is 4.74 Å². The van der Waals surface area contributed by atoms with E-state index in [9.17, 15) is 9.59 Å². The van der Waals surface area contributed by atoms with E-state index in [0.717, 1.165) is 19.1 Å². The van der Waals surface area contributed by atoms with Crippen LogP contribution in [0.4, 0.5) is 0 Å². The van der Waals surface area contributed by atoms with Crippen LogP contribution < -0.4 is 0 Å². The Balaban J connectivity index is 0. The van der Waals surface area contributed by atoms with Crippen molar-refractivity contribution >= 4 is 11.9 Å². The van der Waals surface area contributed by atoms with Crippen molar-refractivity contribution in [2.24, 2.45) is 5.92 Å². The summed E-state index contributed by atoms with van der Waals surface area (Å²) < 4.78 is 9.28. The molecule has 0 aromatic heterocycles. The smallest absolute Gasteiger partial charge is 0.333 e. The zero-order valence-corrected chi connectivity index (χ0v) is 13.2. The lowest BCUT2D eigenvalue weighted by Gasteiger charge is -2.14. The van der Waals surface area contributed by atoms with Gasteiger partial charge in [-0.2, -0.15) is 0 Å². The van der Waals surface area contributed by atoms with Gasteiger partial charge in [0.05, 0.1) is 12.9 Å². The van der Waals surface area contributed by atoms with E-state index < -0.39 is 0 Å². The van der Waals surface area contributed by atoms with Crippen molar-refractivity contribution in [2.45, 2.75) is 53.4 Å². The highest BCUT2D eigenvalue weighted by molar-refractivity contribution is 5.86. The average molecular weight is 284 g/mol. The van der Waals surface area contributed by atoms with Gasteiger partial charge in [-0.25, -0.2) is 4.79 Å². The SMILES string of the molecule is C=C(C)C(=O)OCC(CC)CCCC.C=COC(C)=O. The van der Waals surface area contributed by atoms with Gasteiger partial charge in [-0.15, -0.1) is 0 Å². The maximum Gasteiger partial charge on any atom is 0.333 e. The lowest BCUT2D eigenvalue weighted by molar-refractivity contribution is -0.140. The summed E-state index contributed by atoms with van der Waals surface area (Å²) in [5, 5.41) is 0. The molecule has 0 fully saturated rings. The number of hydrogen-bond donors (Lipinski definition) is 0. The normalized spacial score (nSPS) is 10.6. The summed E-state index contributed by atoms with van der Waals surface area (Å²) in [7, 11) is 0. The van der Waals surface area contributed by atoms with Crippen molar-refractivity contribution in [3.63, 3.8) is 0 Å². The van der Waals surface area contributed by atoms with Gasteiger partial charge in [0.2, 0.25) is 0 Å². The molecule has 1 atom stereocenters. The topological polar surface area (TPSA) is 52.6 Å². The first-order valence-electron chi connectivity index (χ1n) is 6.99. The third-order valence-corrected chi connectivity index (χ3v) is 2.59. The first kappa shape index (κ1) is 20.7. The number of hydrogen-bond acceptors (Lipinski definition) is 4. The summed E-state index contributed by atoms with van der Waals surface area (Å²) in [5.74, 6) is -0.0804. The Kier molecular flexibility index (Phi) is 14.3. The molecule has 0 radical (unpaired) electrons. The Bertz CT molecular complexity index is 308. The first-order chi connectivity index (χ1) is 9.38. The minimum absolute atomic E-state index is 0.264. The van der Waals surface area contributed by atoms with Crippen molar-refractivity contribution in [2.75, 3.05) is 6.61 Å². The summed E-state index contributed by atoms with van der Waals surface area (Å²) >= 11 is 0. The molecule has 0 aromatic rings. The average Bonchev–Trinajstić information content (AvgIpc) is 2.39. The third-order valence-electron chi connectivity index (χ3n) is 2.59. The third kappa shape index (κ3) is 14.5. The minimum atomic E-state index is -0.329.